The Morgan fingerprint density at radius 3 is 2.42 bits per heavy atom. The molecule has 3 unspecified atom stereocenters. The maximum Gasteiger partial charge on any atom is 0.381 e. The van der Waals surface area contributed by atoms with Gasteiger partial charge in [-0.25, -0.2) is 0 Å². The van der Waals surface area contributed by atoms with Crippen LogP contribution in [0.25, 0.3) is 11.1 Å². The van der Waals surface area contributed by atoms with Gasteiger partial charge < -0.3 is 10.2 Å². The summed E-state index contributed by atoms with van der Waals surface area (Å²) in [6.07, 6.45) is 6.37. The zero-order valence-corrected chi connectivity index (χ0v) is 14.5. The van der Waals surface area contributed by atoms with E-state index in [9.17, 15) is 14.8 Å². The minimum absolute atomic E-state index is 0.224. The molecule has 1 heterocycles. The maximum atomic E-state index is 13.4. The van der Waals surface area contributed by atoms with Crippen molar-refractivity contribution in [3.05, 3.63) is 42.0 Å². The molecular weight excluding hydrogens is 319 g/mol. The Morgan fingerprint density at radius 1 is 0.875 bits per heavy atom. The monoisotopic (exact) mass is 341 g/mol. The molecule has 2 aromatic carbocycles. The molecule has 2 N–H and O–H groups in total. The van der Waals surface area contributed by atoms with Gasteiger partial charge in [0.1, 0.15) is 11.5 Å². The molecule has 124 valence electrons. The van der Waals surface area contributed by atoms with Crippen molar-refractivity contribution in [1.82, 2.24) is 0 Å². The molecule has 2 aliphatic rings. The summed E-state index contributed by atoms with van der Waals surface area (Å²) in [5, 5.41) is 21.0. The number of phenolic OH excluding ortho intramolecular Hbond substituents is 2. The first-order chi connectivity index (χ1) is 11.6. The second-order valence-electron chi connectivity index (χ2n) is 6.98. The summed E-state index contributed by atoms with van der Waals surface area (Å²) in [7, 11) is -1.53. The lowest BCUT2D eigenvalue weighted by atomic mass is 9.84. The van der Waals surface area contributed by atoms with Crippen LogP contribution in [0.1, 0.15) is 50.0 Å². The Balaban J connectivity index is 1.96. The minimum atomic E-state index is -1.53. The van der Waals surface area contributed by atoms with Crippen LogP contribution in [0.5, 0.6) is 11.5 Å². The number of hydrogen-bond donors (Lipinski definition) is 2. The third-order valence-corrected chi connectivity index (χ3v) is 7.62. The van der Waals surface area contributed by atoms with Crippen LogP contribution in [0, 0.1) is 0 Å². The normalized spacial score (nSPS) is 24.8. The van der Waals surface area contributed by atoms with E-state index < -0.39 is 7.80 Å². The van der Waals surface area contributed by atoms with Crippen LogP contribution >= 0.6 is 7.80 Å². The highest BCUT2D eigenvalue weighted by atomic mass is 31.1. The smallest absolute Gasteiger partial charge is 0.381 e. The van der Waals surface area contributed by atoms with Gasteiger partial charge >= 0.3 is 7.80 Å². The fourth-order valence-electron chi connectivity index (χ4n) is 4.27. The zero-order valence-electron chi connectivity index (χ0n) is 13.6. The highest BCUT2D eigenvalue weighted by Crippen LogP contribution is 2.49. The van der Waals surface area contributed by atoms with E-state index in [0.717, 1.165) is 60.5 Å². The number of benzene rings is 2. The van der Waals surface area contributed by atoms with E-state index >= 15 is 0 Å². The summed E-state index contributed by atoms with van der Waals surface area (Å²) in [5.41, 5.74) is 3.04. The van der Waals surface area contributed by atoms with Crippen LogP contribution in [0.4, 0.5) is 0 Å². The highest BCUT2D eigenvalue weighted by Gasteiger charge is 2.44. The van der Waals surface area contributed by atoms with Crippen molar-refractivity contribution in [1.29, 1.82) is 0 Å². The van der Waals surface area contributed by atoms with E-state index in [1.807, 2.05) is 18.2 Å². The van der Waals surface area contributed by atoms with Crippen molar-refractivity contribution >= 4 is 13.1 Å². The molecule has 3 nitrogen and oxygen atoms in total. The number of hydrogen-bond acceptors (Lipinski definition) is 3. The summed E-state index contributed by atoms with van der Waals surface area (Å²) in [5.74, 6) is 0.825. The van der Waals surface area contributed by atoms with Crippen molar-refractivity contribution < 1.29 is 14.8 Å². The number of rotatable bonds is 1. The third-order valence-electron chi connectivity index (χ3n) is 5.52. The topological polar surface area (TPSA) is 57.5 Å². The molecule has 0 aromatic heterocycles. The highest BCUT2D eigenvalue weighted by molar-refractivity contribution is 7.54. The quantitative estimate of drug-likeness (QED) is 0.715. The van der Waals surface area contributed by atoms with Crippen molar-refractivity contribution in [2.45, 2.75) is 50.1 Å². The second kappa shape index (κ2) is 6.22. The Labute approximate surface area is 143 Å². The Kier molecular flexibility index (Phi) is 4.05. The first-order valence-corrected chi connectivity index (χ1v) is 10.1. The Bertz CT molecular complexity index is 782. The molecular formula is C20H22O3P+. The van der Waals surface area contributed by atoms with Gasteiger partial charge in [-0.2, -0.15) is 0 Å². The van der Waals surface area contributed by atoms with Gasteiger partial charge in [0.25, 0.3) is 0 Å². The van der Waals surface area contributed by atoms with Gasteiger partial charge in [-0.3, -0.25) is 0 Å². The van der Waals surface area contributed by atoms with Gasteiger partial charge in [0.15, 0.2) is 5.66 Å². The molecule has 4 heteroatoms. The van der Waals surface area contributed by atoms with Crippen LogP contribution in [0.2, 0.25) is 0 Å². The van der Waals surface area contributed by atoms with Crippen LogP contribution in [0.3, 0.4) is 0 Å². The molecule has 1 aliphatic carbocycles. The summed E-state index contributed by atoms with van der Waals surface area (Å²) < 4.78 is 13.4. The van der Waals surface area contributed by atoms with Crippen LogP contribution in [-0.2, 0) is 4.57 Å². The van der Waals surface area contributed by atoms with E-state index in [0.29, 0.717) is 11.7 Å². The van der Waals surface area contributed by atoms with Crippen LogP contribution in [0.15, 0.2) is 36.4 Å². The lowest BCUT2D eigenvalue weighted by Crippen LogP contribution is -2.13. The fourth-order valence-corrected chi connectivity index (χ4v) is 6.41. The van der Waals surface area contributed by atoms with Gasteiger partial charge in [-0.1, -0.05) is 23.1 Å². The SMILES string of the molecule is O=[P+]1c2c(-c3ccc(O)cc3)ccc(O)c2C2CCCCC1CC2. The predicted octanol–water partition coefficient (Wildman–Crippen LogP) is 5.04. The predicted molar refractivity (Wildman–Crippen MR) is 96.7 cm³/mol. The molecule has 0 spiro atoms. The zero-order chi connectivity index (χ0) is 16.7. The molecule has 2 bridgehead atoms. The molecule has 1 fully saturated rings. The molecule has 2 aromatic rings. The van der Waals surface area contributed by atoms with Crippen molar-refractivity contribution in [2.24, 2.45) is 0 Å². The average molecular weight is 341 g/mol. The summed E-state index contributed by atoms with van der Waals surface area (Å²) >= 11 is 0. The largest absolute Gasteiger partial charge is 0.508 e. The first-order valence-electron chi connectivity index (χ1n) is 8.77. The van der Waals surface area contributed by atoms with Gasteiger partial charge in [0.05, 0.1) is 5.56 Å². The van der Waals surface area contributed by atoms with Crippen LogP contribution < -0.4 is 5.30 Å². The number of fused-ring (bicyclic) bond motifs is 5. The van der Waals surface area contributed by atoms with E-state index in [2.05, 4.69) is 0 Å². The molecule has 0 saturated heterocycles. The maximum absolute atomic E-state index is 13.4. The van der Waals surface area contributed by atoms with E-state index in [1.165, 1.54) is 0 Å². The lowest BCUT2D eigenvalue weighted by Gasteiger charge is -2.18. The Hall–Kier alpha value is -1.86. The van der Waals surface area contributed by atoms with Gasteiger partial charge in [0, 0.05) is 5.56 Å². The van der Waals surface area contributed by atoms with Crippen molar-refractivity contribution in [3.63, 3.8) is 0 Å². The summed E-state index contributed by atoms with van der Waals surface area (Å²) in [6.45, 7) is 0. The van der Waals surface area contributed by atoms with Gasteiger partial charge in [-0.15, -0.1) is 0 Å². The average Bonchev–Trinajstić information content (AvgIpc) is 2.64. The summed E-state index contributed by atoms with van der Waals surface area (Å²) in [6, 6.07) is 10.7. The second-order valence-corrected chi connectivity index (χ2v) is 8.81. The minimum Gasteiger partial charge on any atom is -0.508 e. The molecule has 1 saturated carbocycles. The molecule has 24 heavy (non-hydrogen) atoms. The number of phenols is 2. The van der Waals surface area contributed by atoms with E-state index in [4.69, 9.17) is 0 Å². The van der Waals surface area contributed by atoms with Crippen molar-refractivity contribution in [2.75, 3.05) is 0 Å². The van der Waals surface area contributed by atoms with E-state index in [-0.39, 0.29) is 11.4 Å². The first kappa shape index (κ1) is 15.7. The van der Waals surface area contributed by atoms with Gasteiger partial charge in [-0.05, 0) is 67.9 Å². The lowest BCUT2D eigenvalue weighted by molar-refractivity contribution is 0.430. The summed E-state index contributed by atoms with van der Waals surface area (Å²) in [4.78, 5) is 0. The molecule has 3 atom stereocenters. The fraction of sp³-hybridized carbons (Fsp3) is 0.400. The van der Waals surface area contributed by atoms with Crippen molar-refractivity contribution in [3.8, 4) is 22.6 Å². The molecule has 0 amide bonds. The van der Waals surface area contributed by atoms with E-state index in [1.54, 1.807) is 18.2 Å². The molecule has 1 aliphatic heterocycles. The number of aromatic hydroxyl groups is 2. The Morgan fingerprint density at radius 2 is 1.62 bits per heavy atom. The molecule has 0 radical (unpaired) electrons. The standard InChI is InChI=1S/C20H21O3P/c21-15-8-5-13(6-9-15)17-11-12-18(22)19-14-3-1-2-4-16(10-7-14)24(23)20(17)19/h5-6,8-9,11-12,14,16H,1-4,7,10H2,(H-,21,22,23)/p+1. The third kappa shape index (κ3) is 2.61. The molecule has 4 rings (SSSR count). The van der Waals surface area contributed by atoms with Gasteiger partial charge in [0.2, 0.25) is 5.30 Å². The van der Waals surface area contributed by atoms with Crippen LogP contribution in [-0.4, -0.2) is 15.9 Å².